The van der Waals surface area contributed by atoms with Crippen LogP contribution in [0.4, 0.5) is 0 Å². The quantitative estimate of drug-likeness (QED) is 0.600. The molecule has 2 saturated carbocycles. The number of rotatable bonds is 2. The van der Waals surface area contributed by atoms with E-state index in [9.17, 15) is 0 Å². The SMILES string of the molecule is C[C@H]1CCCCC1=NNC(=S)N[C@H]1CCCC[C@@H]1C. The van der Waals surface area contributed by atoms with Crippen molar-refractivity contribution < 1.29 is 0 Å². The van der Waals surface area contributed by atoms with E-state index in [0.29, 0.717) is 17.1 Å². The van der Waals surface area contributed by atoms with E-state index in [0.717, 1.165) is 12.3 Å². The van der Waals surface area contributed by atoms with Crippen LogP contribution in [0.25, 0.3) is 0 Å². The molecule has 0 aliphatic heterocycles. The zero-order valence-electron chi connectivity index (χ0n) is 12.2. The topological polar surface area (TPSA) is 36.4 Å². The number of hydrazone groups is 1. The summed E-state index contributed by atoms with van der Waals surface area (Å²) in [6.07, 6.45) is 10.2. The summed E-state index contributed by atoms with van der Waals surface area (Å²) < 4.78 is 0. The minimum absolute atomic E-state index is 0.526. The summed E-state index contributed by atoms with van der Waals surface area (Å²) >= 11 is 5.37. The third-order valence-electron chi connectivity index (χ3n) is 4.62. The summed E-state index contributed by atoms with van der Waals surface area (Å²) in [4.78, 5) is 0. The fraction of sp³-hybridized carbons (Fsp3) is 0.867. The molecule has 4 heteroatoms. The van der Waals surface area contributed by atoms with Gasteiger partial charge in [0, 0.05) is 11.8 Å². The molecule has 0 aromatic heterocycles. The number of nitrogens with one attached hydrogen (secondary N) is 2. The molecule has 108 valence electrons. The molecule has 2 rings (SSSR count). The fourth-order valence-electron chi connectivity index (χ4n) is 3.19. The summed E-state index contributed by atoms with van der Waals surface area (Å²) in [6.45, 7) is 4.58. The van der Waals surface area contributed by atoms with Crippen LogP contribution in [0.1, 0.15) is 65.2 Å². The first-order chi connectivity index (χ1) is 9.16. The van der Waals surface area contributed by atoms with Gasteiger partial charge in [-0.25, -0.2) is 0 Å². The van der Waals surface area contributed by atoms with E-state index < -0.39 is 0 Å². The predicted octanol–water partition coefficient (Wildman–Crippen LogP) is 3.60. The Kier molecular flexibility index (Phi) is 5.61. The maximum absolute atomic E-state index is 5.37. The molecule has 0 amide bonds. The fourth-order valence-corrected chi connectivity index (χ4v) is 3.39. The largest absolute Gasteiger partial charge is 0.358 e. The lowest BCUT2D eigenvalue weighted by molar-refractivity contribution is 0.308. The highest BCUT2D eigenvalue weighted by molar-refractivity contribution is 7.80. The van der Waals surface area contributed by atoms with Crippen molar-refractivity contribution in [2.45, 2.75) is 71.3 Å². The highest BCUT2D eigenvalue weighted by Gasteiger charge is 2.21. The zero-order valence-corrected chi connectivity index (χ0v) is 13.1. The van der Waals surface area contributed by atoms with Crippen LogP contribution < -0.4 is 10.7 Å². The van der Waals surface area contributed by atoms with E-state index in [-0.39, 0.29) is 0 Å². The highest BCUT2D eigenvalue weighted by atomic mass is 32.1. The average Bonchev–Trinajstić information content (AvgIpc) is 2.40. The van der Waals surface area contributed by atoms with Crippen molar-refractivity contribution in [1.82, 2.24) is 10.7 Å². The summed E-state index contributed by atoms with van der Waals surface area (Å²) in [5, 5.41) is 8.65. The van der Waals surface area contributed by atoms with E-state index >= 15 is 0 Å². The van der Waals surface area contributed by atoms with Gasteiger partial charge in [0.15, 0.2) is 5.11 Å². The van der Waals surface area contributed by atoms with Gasteiger partial charge in [-0.15, -0.1) is 0 Å². The molecule has 0 aromatic carbocycles. The van der Waals surface area contributed by atoms with Gasteiger partial charge in [0.25, 0.3) is 0 Å². The Morgan fingerprint density at radius 3 is 2.58 bits per heavy atom. The normalized spacial score (nSPS) is 34.0. The molecule has 0 unspecified atom stereocenters. The van der Waals surface area contributed by atoms with Crippen molar-refractivity contribution in [3.63, 3.8) is 0 Å². The van der Waals surface area contributed by atoms with Gasteiger partial charge in [0.1, 0.15) is 0 Å². The van der Waals surface area contributed by atoms with E-state index in [1.807, 2.05) is 0 Å². The Morgan fingerprint density at radius 2 is 1.84 bits per heavy atom. The maximum Gasteiger partial charge on any atom is 0.187 e. The second-order valence-electron chi connectivity index (χ2n) is 6.20. The Labute approximate surface area is 122 Å². The lowest BCUT2D eigenvalue weighted by Gasteiger charge is -2.30. The number of hydrogen-bond donors (Lipinski definition) is 2. The van der Waals surface area contributed by atoms with Crippen LogP contribution >= 0.6 is 12.2 Å². The Morgan fingerprint density at radius 1 is 1.11 bits per heavy atom. The molecule has 3 atom stereocenters. The molecular formula is C15H27N3S. The van der Waals surface area contributed by atoms with Crippen LogP contribution in [0, 0.1) is 11.8 Å². The number of thiocarbonyl (C=S) groups is 1. The summed E-state index contributed by atoms with van der Waals surface area (Å²) in [6, 6.07) is 0.526. The van der Waals surface area contributed by atoms with Crippen molar-refractivity contribution in [1.29, 1.82) is 0 Å². The minimum Gasteiger partial charge on any atom is -0.358 e. The van der Waals surface area contributed by atoms with Crippen LogP contribution in [-0.4, -0.2) is 16.9 Å². The van der Waals surface area contributed by atoms with Gasteiger partial charge in [0.05, 0.1) is 0 Å². The van der Waals surface area contributed by atoms with Gasteiger partial charge in [-0.3, -0.25) is 5.43 Å². The molecule has 0 aromatic rings. The average molecular weight is 281 g/mol. The molecule has 2 fully saturated rings. The van der Waals surface area contributed by atoms with E-state index in [1.54, 1.807) is 0 Å². The summed E-state index contributed by atoms with van der Waals surface area (Å²) in [5.74, 6) is 1.33. The second kappa shape index (κ2) is 7.22. The van der Waals surface area contributed by atoms with Crippen molar-refractivity contribution in [2.24, 2.45) is 16.9 Å². The Balaban J connectivity index is 1.78. The first-order valence-corrected chi connectivity index (χ1v) is 8.20. The number of nitrogens with zero attached hydrogens (tertiary/aromatic N) is 1. The number of hydrogen-bond acceptors (Lipinski definition) is 2. The molecule has 2 aliphatic rings. The van der Waals surface area contributed by atoms with Gasteiger partial charge in [-0.1, -0.05) is 33.1 Å². The van der Waals surface area contributed by atoms with Crippen molar-refractivity contribution in [3.05, 3.63) is 0 Å². The Bertz CT molecular complexity index is 340. The maximum atomic E-state index is 5.37. The van der Waals surface area contributed by atoms with Crippen LogP contribution in [0.2, 0.25) is 0 Å². The Hall–Kier alpha value is -0.640. The van der Waals surface area contributed by atoms with Crippen molar-refractivity contribution in [2.75, 3.05) is 0 Å². The standard InChI is InChI=1S/C15H27N3S/c1-11-7-3-5-9-13(11)16-15(19)18-17-14-10-6-4-8-12(14)2/h11-13H,3-10H2,1-2H3,(H2,16,18,19)/t11-,12-,13-/m0/s1. The summed E-state index contributed by atoms with van der Waals surface area (Å²) in [7, 11) is 0. The molecule has 0 radical (unpaired) electrons. The third-order valence-corrected chi connectivity index (χ3v) is 4.83. The first kappa shape index (κ1) is 14.8. The zero-order chi connectivity index (χ0) is 13.7. The van der Waals surface area contributed by atoms with Gasteiger partial charge >= 0.3 is 0 Å². The van der Waals surface area contributed by atoms with Crippen LogP contribution in [0.15, 0.2) is 5.10 Å². The highest BCUT2D eigenvalue weighted by Crippen LogP contribution is 2.23. The molecule has 19 heavy (non-hydrogen) atoms. The third kappa shape index (κ3) is 4.44. The van der Waals surface area contributed by atoms with Gasteiger partial charge in [-0.2, -0.15) is 5.10 Å². The van der Waals surface area contributed by atoms with Gasteiger partial charge < -0.3 is 5.32 Å². The molecule has 0 bridgehead atoms. The molecule has 2 aliphatic carbocycles. The van der Waals surface area contributed by atoms with Gasteiger partial charge in [-0.05, 0) is 56.2 Å². The molecule has 0 spiro atoms. The minimum atomic E-state index is 0.526. The van der Waals surface area contributed by atoms with Gasteiger partial charge in [0.2, 0.25) is 0 Å². The molecular weight excluding hydrogens is 254 g/mol. The van der Waals surface area contributed by atoms with E-state index in [2.05, 4.69) is 29.7 Å². The molecule has 0 heterocycles. The van der Waals surface area contributed by atoms with E-state index in [1.165, 1.54) is 50.7 Å². The van der Waals surface area contributed by atoms with E-state index in [4.69, 9.17) is 12.2 Å². The first-order valence-electron chi connectivity index (χ1n) is 7.80. The van der Waals surface area contributed by atoms with Crippen LogP contribution in [0.5, 0.6) is 0 Å². The van der Waals surface area contributed by atoms with Crippen LogP contribution in [0.3, 0.4) is 0 Å². The molecule has 3 nitrogen and oxygen atoms in total. The smallest absolute Gasteiger partial charge is 0.187 e. The van der Waals surface area contributed by atoms with Crippen LogP contribution in [-0.2, 0) is 0 Å². The van der Waals surface area contributed by atoms with Crippen molar-refractivity contribution in [3.8, 4) is 0 Å². The monoisotopic (exact) mass is 281 g/mol. The predicted molar refractivity (Wildman–Crippen MR) is 85.4 cm³/mol. The summed E-state index contributed by atoms with van der Waals surface area (Å²) in [5.41, 5.74) is 4.34. The molecule has 0 saturated heterocycles. The molecule has 2 N–H and O–H groups in total. The lowest BCUT2D eigenvalue weighted by atomic mass is 9.86. The lowest BCUT2D eigenvalue weighted by Crippen LogP contribution is -2.45. The van der Waals surface area contributed by atoms with Crippen molar-refractivity contribution >= 4 is 23.0 Å². The second-order valence-corrected chi connectivity index (χ2v) is 6.61.